The average Bonchev–Trinajstić information content (AvgIpc) is 2.97. The first-order chi connectivity index (χ1) is 9.63. The molecule has 0 bridgehead atoms. The predicted molar refractivity (Wildman–Crippen MR) is 79.8 cm³/mol. The molecule has 0 spiro atoms. The Morgan fingerprint density at radius 2 is 2.25 bits per heavy atom. The van der Waals surface area contributed by atoms with Gasteiger partial charge in [-0.05, 0) is 38.8 Å². The van der Waals surface area contributed by atoms with E-state index in [0.717, 1.165) is 37.1 Å². The molecule has 2 N–H and O–H groups in total. The summed E-state index contributed by atoms with van der Waals surface area (Å²) >= 11 is 0. The fourth-order valence-electron chi connectivity index (χ4n) is 2.90. The molecule has 0 aromatic heterocycles. The summed E-state index contributed by atoms with van der Waals surface area (Å²) in [5, 5.41) is 6.48. The summed E-state index contributed by atoms with van der Waals surface area (Å²) in [7, 11) is 1.65. The van der Waals surface area contributed by atoms with E-state index in [1.807, 2.05) is 31.2 Å². The van der Waals surface area contributed by atoms with E-state index >= 15 is 0 Å². The van der Waals surface area contributed by atoms with Crippen molar-refractivity contribution in [2.24, 2.45) is 0 Å². The number of hydrogen-bond donors (Lipinski definition) is 2. The van der Waals surface area contributed by atoms with Crippen LogP contribution in [-0.2, 0) is 4.79 Å². The Kier molecular flexibility index (Phi) is 4.65. The first-order valence-corrected chi connectivity index (χ1v) is 7.32. The van der Waals surface area contributed by atoms with Gasteiger partial charge in [0.25, 0.3) is 0 Å². The van der Waals surface area contributed by atoms with Crippen LogP contribution < -0.4 is 15.4 Å². The highest BCUT2D eigenvalue weighted by Crippen LogP contribution is 2.27. The summed E-state index contributed by atoms with van der Waals surface area (Å²) in [6.07, 6.45) is 2.79. The van der Waals surface area contributed by atoms with Crippen LogP contribution in [0.1, 0.15) is 44.7 Å². The Bertz CT molecular complexity index is 467. The van der Waals surface area contributed by atoms with Crippen LogP contribution >= 0.6 is 0 Å². The Labute approximate surface area is 120 Å². The van der Waals surface area contributed by atoms with Gasteiger partial charge >= 0.3 is 0 Å². The number of ether oxygens (including phenoxy) is 1. The molecule has 1 aromatic rings. The fraction of sp³-hybridized carbons (Fsp3) is 0.562. The third-order valence-electron chi connectivity index (χ3n) is 4.23. The zero-order valence-corrected chi connectivity index (χ0v) is 12.5. The topological polar surface area (TPSA) is 50.4 Å². The van der Waals surface area contributed by atoms with Gasteiger partial charge in [-0.15, -0.1) is 0 Å². The molecule has 0 aliphatic carbocycles. The molecular formula is C16H24N2O2. The molecule has 2 unspecified atom stereocenters. The van der Waals surface area contributed by atoms with Gasteiger partial charge in [0, 0.05) is 5.56 Å². The van der Waals surface area contributed by atoms with Crippen LogP contribution in [0.15, 0.2) is 24.3 Å². The van der Waals surface area contributed by atoms with Crippen molar-refractivity contribution in [1.29, 1.82) is 0 Å². The first-order valence-electron chi connectivity index (χ1n) is 7.32. The van der Waals surface area contributed by atoms with E-state index in [1.54, 1.807) is 7.11 Å². The number of amides is 1. The van der Waals surface area contributed by atoms with Crippen molar-refractivity contribution in [2.45, 2.75) is 44.7 Å². The molecule has 1 fully saturated rings. The fourth-order valence-corrected chi connectivity index (χ4v) is 2.90. The van der Waals surface area contributed by atoms with Crippen LogP contribution in [0.4, 0.5) is 0 Å². The number of carbonyl (C=O) groups excluding carboxylic acids is 1. The molecule has 1 saturated heterocycles. The Morgan fingerprint density at radius 3 is 2.85 bits per heavy atom. The van der Waals surface area contributed by atoms with Crippen molar-refractivity contribution >= 4 is 5.91 Å². The van der Waals surface area contributed by atoms with Crippen molar-refractivity contribution < 1.29 is 9.53 Å². The van der Waals surface area contributed by atoms with Crippen LogP contribution in [0.3, 0.4) is 0 Å². The highest BCUT2D eigenvalue weighted by atomic mass is 16.5. The maximum Gasteiger partial charge on any atom is 0.240 e. The van der Waals surface area contributed by atoms with Crippen molar-refractivity contribution in [3.8, 4) is 5.75 Å². The molecule has 4 nitrogen and oxygen atoms in total. The zero-order valence-electron chi connectivity index (χ0n) is 12.5. The zero-order chi connectivity index (χ0) is 14.6. The van der Waals surface area contributed by atoms with Gasteiger partial charge < -0.3 is 15.4 Å². The van der Waals surface area contributed by atoms with Crippen LogP contribution in [0, 0.1) is 0 Å². The quantitative estimate of drug-likeness (QED) is 0.868. The summed E-state index contributed by atoms with van der Waals surface area (Å²) in [4.78, 5) is 12.6. The minimum Gasteiger partial charge on any atom is -0.496 e. The van der Waals surface area contributed by atoms with Crippen molar-refractivity contribution in [1.82, 2.24) is 10.6 Å². The lowest BCUT2D eigenvalue weighted by molar-refractivity contribution is -0.128. The number of benzene rings is 1. The van der Waals surface area contributed by atoms with Gasteiger partial charge in [-0.3, -0.25) is 4.79 Å². The third kappa shape index (κ3) is 2.80. The van der Waals surface area contributed by atoms with Gasteiger partial charge in [0.2, 0.25) is 5.91 Å². The largest absolute Gasteiger partial charge is 0.496 e. The lowest BCUT2D eigenvalue weighted by Gasteiger charge is -2.29. The van der Waals surface area contributed by atoms with E-state index in [2.05, 4.69) is 17.6 Å². The monoisotopic (exact) mass is 276 g/mol. The molecule has 1 amide bonds. The highest BCUT2D eigenvalue weighted by Gasteiger charge is 2.39. The van der Waals surface area contributed by atoms with E-state index < -0.39 is 5.54 Å². The van der Waals surface area contributed by atoms with Gasteiger partial charge in [-0.25, -0.2) is 0 Å². The molecule has 1 aromatic carbocycles. The molecule has 1 aliphatic rings. The molecule has 20 heavy (non-hydrogen) atoms. The van der Waals surface area contributed by atoms with Gasteiger partial charge in [0.15, 0.2) is 0 Å². The molecule has 2 rings (SSSR count). The number of carbonyl (C=O) groups is 1. The average molecular weight is 276 g/mol. The molecule has 0 radical (unpaired) electrons. The number of nitrogens with one attached hydrogen (secondary N) is 2. The minimum absolute atomic E-state index is 0.0653. The number of para-hydroxylation sites is 1. The Balaban J connectivity index is 2.11. The minimum atomic E-state index is -0.393. The smallest absolute Gasteiger partial charge is 0.240 e. The normalized spacial score (nSPS) is 23.4. The van der Waals surface area contributed by atoms with Gasteiger partial charge in [-0.2, -0.15) is 0 Å². The van der Waals surface area contributed by atoms with Crippen LogP contribution in [0.25, 0.3) is 0 Å². The van der Waals surface area contributed by atoms with Crippen molar-refractivity contribution in [3.05, 3.63) is 29.8 Å². The first kappa shape index (κ1) is 14.9. The third-order valence-corrected chi connectivity index (χ3v) is 4.23. The van der Waals surface area contributed by atoms with E-state index in [0.29, 0.717) is 0 Å². The van der Waals surface area contributed by atoms with E-state index in [9.17, 15) is 4.79 Å². The maximum absolute atomic E-state index is 12.6. The Hall–Kier alpha value is -1.55. The van der Waals surface area contributed by atoms with Crippen LogP contribution in [0.5, 0.6) is 5.75 Å². The van der Waals surface area contributed by atoms with E-state index in [4.69, 9.17) is 4.74 Å². The summed E-state index contributed by atoms with van der Waals surface area (Å²) in [5.41, 5.74) is 0.614. The molecule has 1 heterocycles. The lowest BCUT2D eigenvalue weighted by Crippen LogP contribution is -2.53. The summed E-state index contributed by atoms with van der Waals surface area (Å²) in [5.74, 6) is 0.904. The number of hydrogen-bond acceptors (Lipinski definition) is 3. The van der Waals surface area contributed by atoms with Crippen molar-refractivity contribution in [2.75, 3.05) is 13.7 Å². The highest BCUT2D eigenvalue weighted by molar-refractivity contribution is 5.87. The van der Waals surface area contributed by atoms with Crippen LogP contribution in [-0.4, -0.2) is 25.1 Å². The van der Waals surface area contributed by atoms with Crippen LogP contribution in [0.2, 0.25) is 0 Å². The van der Waals surface area contributed by atoms with E-state index in [-0.39, 0.29) is 11.9 Å². The maximum atomic E-state index is 12.6. The molecule has 4 heteroatoms. The molecule has 0 saturated carbocycles. The van der Waals surface area contributed by atoms with Gasteiger partial charge in [-0.1, -0.05) is 25.1 Å². The molecular weight excluding hydrogens is 252 g/mol. The molecule has 2 atom stereocenters. The summed E-state index contributed by atoms with van der Waals surface area (Å²) in [6.45, 7) is 4.98. The van der Waals surface area contributed by atoms with E-state index in [1.165, 1.54) is 0 Å². The summed E-state index contributed by atoms with van der Waals surface area (Å²) in [6, 6.07) is 7.74. The second kappa shape index (κ2) is 6.27. The second-order valence-corrected chi connectivity index (χ2v) is 5.40. The molecule has 1 aliphatic heterocycles. The predicted octanol–water partition coefficient (Wildman–Crippen LogP) is 2.40. The van der Waals surface area contributed by atoms with Crippen molar-refractivity contribution in [3.63, 3.8) is 0 Å². The Morgan fingerprint density at radius 1 is 1.50 bits per heavy atom. The number of methoxy groups -OCH3 is 1. The lowest BCUT2D eigenvalue weighted by atomic mass is 9.92. The number of rotatable bonds is 5. The summed E-state index contributed by atoms with van der Waals surface area (Å²) < 4.78 is 5.36. The van der Waals surface area contributed by atoms with Gasteiger partial charge in [0.1, 0.15) is 5.75 Å². The standard InChI is InChI=1S/C16H24N2O2/c1-4-16(10-7-11-17-16)15(19)18-12(2)13-8-5-6-9-14(13)20-3/h5-6,8-9,12,17H,4,7,10-11H2,1-3H3,(H,18,19). The van der Waals surface area contributed by atoms with Gasteiger partial charge in [0.05, 0.1) is 18.7 Å². The SMILES string of the molecule is CCC1(C(=O)NC(C)c2ccccc2OC)CCCN1. The second-order valence-electron chi connectivity index (χ2n) is 5.40. The molecule has 110 valence electrons.